The molecule has 0 N–H and O–H groups in total. The molecule has 0 aliphatic carbocycles. The minimum atomic E-state index is -0.374. The van der Waals surface area contributed by atoms with E-state index in [1.54, 1.807) is 12.1 Å². The largest absolute Gasteiger partial charge is 0.490 e. The van der Waals surface area contributed by atoms with Crippen LogP contribution in [-0.2, 0) is 16.1 Å². The number of esters is 1. The zero-order valence-electron chi connectivity index (χ0n) is 14.9. The van der Waals surface area contributed by atoms with Crippen molar-refractivity contribution in [2.45, 2.75) is 26.3 Å². The first-order valence-electron chi connectivity index (χ1n) is 8.85. The van der Waals surface area contributed by atoms with Crippen LogP contribution < -0.4 is 4.74 Å². The molecule has 0 atom stereocenters. The molecule has 0 bridgehead atoms. The molecule has 1 aliphatic rings. The molecule has 5 nitrogen and oxygen atoms in total. The minimum absolute atomic E-state index is 0.191. The molecule has 3 rings (SSSR count). The van der Waals surface area contributed by atoms with Gasteiger partial charge in [-0.05, 0) is 43.2 Å². The molecule has 5 heteroatoms. The lowest BCUT2D eigenvalue weighted by atomic mass is 10.1. The van der Waals surface area contributed by atoms with E-state index in [9.17, 15) is 9.59 Å². The minimum Gasteiger partial charge on any atom is -0.490 e. The second-order valence-corrected chi connectivity index (χ2v) is 6.41. The smallest absolute Gasteiger partial charge is 0.338 e. The van der Waals surface area contributed by atoms with Gasteiger partial charge in [-0.2, -0.15) is 0 Å². The highest BCUT2D eigenvalue weighted by Crippen LogP contribution is 2.15. The lowest BCUT2D eigenvalue weighted by Crippen LogP contribution is -2.23. The fourth-order valence-electron chi connectivity index (χ4n) is 2.85. The Bertz CT molecular complexity index is 753. The summed E-state index contributed by atoms with van der Waals surface area (Å²) in [5.74, 6) is 0.579. The van der Waals surface area contributed by atoms with E-state index < -0.39 is 0 Å². The molecule has 1 fully saturated rings. The lowest BCUT2D eigenvalue weighted by molar-refractivity contribution is -0.128. The molecule has 1 aliphatic heterocycles. The normalized spacial score (nSPS) is 13.7. The number of aryl methyl sites for hydroxylation is 1. The molecule has 0 aromatic heterocycles. The van der Waals surface area contributed by atoms with E-state index in [-0.39, 0.29) is 18.5 Å². The van der Waals surface area contributed by atoms with Gasteiger partial charge in [0, 0.05) is 19.5 Å². The summed E-state index contributed by atoms with van der Waals surface area (Å²) >= 11 is 0. The van der Waals surface area contributed by atoms with E-state index in [0.29, 0.717) is 25.1 Å². The van der Waals surface area contributed by atoms with Crippen LogP contribution in [0, 0.1) is 6.92 Å². The van der Waals surface area contributed by atoms with Crippen LogP contribution in [0.5, 0.6) is 5.75 Å². The number of nitrogens with zero attached hydrogens (tertiary/aromatic N) is 1. The predicted octanol–water partition coefficient (Wildman–Crippen LogP) is 3.35. The van der Waals surface area contributed by atoms with Crippen LogP contribution in [0.2, 0.25) is 0 Å². The van der Waals surface area contributed by atoms with E-state index in [4.69, 9.17) is 9.47 Å². The van der Waals surface area contributed by atoms with Crippen LogP contribution in [0.3, 0.4) is 0 Å². The fourth-order valence-corrected chi connectivity index (χ4v) is 2.85. The van der Waals surface area contributed by atoms with Gasteiger partial charge in [0.2, 0.25) is 5.91 Å². The van der Waals surface area contributed by atoms with Crippen LogP contribution in [0.15, 0.2) is 48.5 Å². The number of amides is 1. The molecule has 1 saturated heterocycles. The number of carbonyl (C=O) groups is 2. The zero-order chi connectivity index (χ0) is 18.4. The number of hydrogen-bond acceptors (Lipinski definition) is 4. The Balaban J connectivity index is 1.42. The van der Waals surface area contributed by atoms with Gasteiger partial charge in [0.05, 0.1) is 5.56 Å². The standard InChI is InChI=1S/C21H23NO4/c1-16-4-10-19(11-5-16)25-13-14-26-21(24)18-8-6-17(7-9-18)15-22-12-2-3-20(22)23/h4-11H,2-3,12-15H2,1H3. The predicted molar refractivity (Wildman–Crippen MR) is 98.0 cm³/mol. The van der Waals surface area contributed by atoms with E-state index in [0.717, 1.165) is 24.3 Å². The monoisotopic (exact) mass is 353 g/mol. The average Bonchev–Trinajstić information content (AvgIpc) is 3.05. The van der Waals surface area contributed by atoms with Gasteiger partial charge in [-0.25, -0.2) is 4.79 Å². The highest BCUT2D eigenvalue weighted by atomic mass is 16.6. The quantitative estimate of drug-likeness (QED) is 0.566. The van der Waals surface area contributed by atoms with E-state index in [2.05, 4.69) is 0 Å². The Kier molecular flexibility index (Phi) is 5.89. The maximum absolute atomic E-state index is 12.1. The lowest BCUT2D eigenvalue weighted by Gasteiger charge is -2.15. The van der Waals surface area contributed by atoms with Gasteiger partial charge < -0.3 is 14.4 Å². The van der Waals surface area contributed by atoms with Gasteiger partial charge in [0.15, 0.2) is 0 Å². The summed E-state index contributed by atoms with van der Waals surface area (Å²) in [4.78, 5) is 25.6. The highest BCUT2D eigenvalue weighted by molar-refractivity contribution is 5.89. The first-order valence-corrected chi connectivity index (χ1v) is 8.85. The van der Waals surface area contributed by atoms with Gasteiger partial charge in [-0.15, -0.1) is 0 Å². The first-order chi connectivity index (χ1) is 12.6. The fraction of sp³-hybridized carbons (Fsp3) is 0.333. The summed E-state index contributed by atoms with van der Waals surface area (Å²) in [7, 11) is 0. The molecule has 0 saturated carbocycles. The third-order valence-corrected chi connectivity index (χ3v) is 4.34. The van der Waals surface area contributed by atoms with Crippen LogP contribution in [0.4, 0.5) is 0 Å². The molecule has 136 valence electrons. The molecule has 1 amide bonds. The third-order valence-electron chi connectivity index (χ3n) is 4.34. The molecule has 0 radical (unpaired) electrons. The van der Waals surface area contributed by atoms with Crippen LogP contribution in [0.25, 0.3) is 0 Å². The summed E-state index contributed by atoms with van der Waals surface area (Å²) in [6.45, 7) is 3.92. The van der Waals surface area contributed by atoms with Crippen molar-refractivity contribution < 1.29 is 19.1 Å². The number of benzene rings is 2. The topological polar surface area (TPSA) is 55.8 Å². The van der Waals surface area contributed by atoms with Crippen molar-refractivity contribution in [1.29, 1.82) is 0 Å². The summed E-state index contributed by atoms with van der Waals surface area (Å²) in [5.41, 5.74) is 2.68. The molecule has 2 aromatic rings. The molecule has 26 heavy (non-hydrogen) atoms. The molecule has 0 unspecified atom stereocenters. The van der Waals surface area contributed by atoms with E-state index in [1.165, 1.54) is 5.56 Å². The summed E-state index contributed by atoms with van der Waals surface area (Å²) < 4.78 is 10.8. The van der Waals surface area contributed by atoms with Crippen molar-refractivity contribution in [3.8, 4) is 5.75 Å². The second-order valence-electron chi connectivity index (χ2n) is 6.41. The van der Waals surface area contributed by atoms with Crippen molar-refractivity contribution in [2.75, 3.05) is 19.8 Å². The van der Waals surface area contributed by atoms with Crippen molar-refractivity contribution in [1.82, 2.24) is 4.90 Å². The molecule has 2 aromatic carbocycles. The van der Waals surface area contributed by atoms with Gasteiger partial charge in [0.25, 0.3) is 0 Å². The number of likely N-dealkylation sites (tertiary alicyclic amines) is 1. The Morgan fingerprint density at radius 3 is 2.42 bits per heavy atom. The molecule has 1 heterocycles. The summed E-state index contributed by atoms with van der Waals surface area (Å²) in [6, 6.07) is 14.9. The van der Waals surface area contributed by atoms with Crippen molar-refractivity contribution in [3.63, 3.8) is 0 Å². The molecular formula is C21H23NO4. The van der Waals surface area contributed by atoms with Crippen LogP contribution in [0.1, 0.15) is 34.3 Å². The van der Waals surface area contributed by atoms with Gasteiger partial charge >= 0.3 is 5.97 Å². The molecule has 0 spiro atoms. The van der Waals surface area contributed by atoms with E-state index >= 15 is 0 Å². The Labute approximate surface area is 153 Å². The van der Waals surface area contributed by atoms with E-state index in [1.807, 2.05) is 48.2 Å². The average molecular weight is 353 g/mol. The first kappa shape index (κ1) is 18.0. The summed E-state index contributed by atoms with van der Waals surface area (Å²) in [6.07, 6.45) is 1.56. The Morgan fingerprint density at radius 1 is 1.04 bits per heavy atom. The van der Waals surface area contributed by atoms with Crippen molar-refractivity contribution in [2.24, 2.45) is 0 Å². The summed E-state index contributed by atoms with van der Waals surface area (Å²) in [5, 5.41) is 0. The van der Waals surface area contributed by atoms with Gasteiger partial charge in [-0.1, -0.05) is 29.8 Å². The maximum atomic E-state index is 12.1. The van der Waals surface area contributed by atoms with Crippen molar-refractivity contribution >= 4 is 11.9 Å². The van der Waals surface area contributed by atoms with Crippen molar-refractivity contribution in [3.05, 3.63) is 65.2 Å². The highest BCUT2D eigenvalue weighted by Gasteiger charge is 2.20. The van der Waals surface area contributed by atoms with Crippen LogP contribution >= 0.6 is 0 Å². The third kappa shape index (κ3) is 4.85. The number of ether oxygens (including phenoxy) is 2. The second kappa shape index (κ2) is 8.52. The van der Waals surface area contributed by atoms with Gasteiger partial charge in [0.1, 0.15) is 19.0 Å². The number of carbonyl (C=O) groups excluding carboxylic acids is 2. The number of hydrogen-bond donors (Lipinski definition) is 0. The number of rotatable bonds is 7. The Morgan fingerprint density at radius 2 is 1.77 bits per heavy atom. The van der Waals surface area contributed by atoms with Gasteiger partial charge in [-0.3, -0.25) is 4.79 Å². The zero-order valence-corrected chi connectivity index (χ0v) is 14.9. The SMILES string of the molecule is Cc1ccc(OCCOC(=O)c2ccc(CN3CCCC3=O)cc2)cc1. The molecular weight excluding hydrogens is 330 g/mol. The van der Waals surface area contributed by atoms with Crippen LogP contribution in [-0.4, -0.2) is 36.5 Å². The maximum Gasteiger partial charge on any atom is 0.338 e. The Hall–Kier alpha value is -2.82.